The number of fused-ring (bicyclic) bond motifs is 1. The number of rotatable bonds is 1. The van der Waals surface area contributed by atoms with Crippen molar-refractivity contribution in [2.75, 3.05) is 0 Å². The number of hydrogen-bond donors (Lipinski definition) is 1. The van der Waals surface area contributed by atoms with Gasteiger partial charge in [-0.1, -0.05) is 22.6 Å². The molecule has 6 atom stereocenters. The standard InChI is InChI=1S/C9H9IO4/c10-6-2-1-3-5(4(2)8(11)12)9(13)14-7(3)6/h2-7H,1H2,(H,11,12)/t2-,3+,4-,5+,6-,7-/m0/s1. The molecule has 0 aromatic rings. The van der Waals surface area contributed by atoms with E-state index in [4.69, 9.17) is 9.84 Å². The van der Waals surface area contributed by atoms with E-state index in [0.29, 0.717) is 0 Å². The third-order valence-corrected chi connectivity index (χ3v) is 5.44. The van der Waals surface area contributed by atoms with Gasteiger partial charge in [0.1, 0.15) is 6.10 Å². The lowest BCUT2D eigenvalue weighted by molar-refractivity contribution is -0.151. The average Bonchev–Trinajstić information content (AvgIpc) is 2.67. The molecule has 0 aromatic heterocycles. The van der Waals surface area contributed by atoms with Crippen LogP contribution in [-0.2, 0) is 14.3 Å². The lowest BCUT2D eigenvalue weighted by Gasteiger charge is -2.25. The van der Waals surface area contributed by atoms with Gasteiger partial charge in [0.25, 0.3) is 0 Å². The monoisotopic (exact) mass is 308 g/mol. The highest BCUT2D eigenvalue weighted by Gasteiger charge is 2.67. The van der Waals surface area contributed by atoms with Crippen molar-refractivity contribution < 1.29 is 19.4 Å². The predicted molar refractivity (Wildman–Crippen MR) is 53.9 cm³/mol. The molecule has 1 heterocycles. The van der Waals surface area contributed by atoms with Crippen LogP contribution in [0.2, 0.25) is 0 Å². The molecule has 0 unspecified atom stereocenters. The van der Waals surface area contributed by atoms with Crippen molar-refractivity contribution in [2.24, 2.45) is 23.7 Å². The largest absolute Gasteiger partial charge is 0.481 e. The number of ether oxygens (including phenoxy) is 1. The summed E-state index contributed by atoms with van der Waals surface area (Å²) in [6, 6.07) is 0. The Labute approximate surface area is 94.1 Å². The second-order valence-corrected chi connectivity index (χ2v) is 5.74. The number of carboxylic acids is 1. The molecule has 2 bridgehead atoms. The molecular formula is C9H9IO4. The summed E-state index contributed by atoms with van der Waals surface area (Å²) in [5.74, 6) is -1.65. The number of carbonyl (C=O) groups is 2. The Bertz CT molecular complexity index is 329. The van der Waals surface area contributed by atoms with Crippen LogP contribution in [-0.4, -0.2) is 27.1 Å². The lowest BCUT2D eigenvalue weighted by Crippen LogP contribution is -2.37. The first kappa shape index (κ1) is 8.94. The quantitative estimate of drug-likeness (QED) is 0.440. The second-order valence-electron chi connectivity index (χ2n) is 4.30. The number of alkyl halides is 1. The van der Waals surface area contributed by atoms with Gasteiger partial charge in [-0.05, 0) is 12.3 Å². The Morgan fingerprint density at radius 2 is 2.21 bits per heavy atom. The Morgan fingerprint density at radius 1 is 1.50 bits per heavy atom. The van der Waals surface area contributed by atoms with Gasteiger partial charge in [-0.3, -0.25) is 9.59 Å². The van der Waals surface area contributed by atoms with Crippen molar-refractivity contribution in [1.29, 1.82) is 0 Å². The van der Waals surface area contributed by atoms with E-state index in [1.165, 1.54) is 0 Å². The number of carbonyl (C=O) groups excluding carboxylic acids is 1. The van der Waals surface area contributed by atoms with Crippen molar-refractivity contribution in [2.45, 2.75) is 16.4 Å². The molecule has 2 saturated carbocycles. The molecule has 3 aliphatic rings. The zero-order valence-corrected chi connectivity index (χ0v) is 9.38. The van der Waals surface area contributed by atoms with E-state index < -0.39 is 11.9 Å². The maximum absolute atomic E-state index is 11.5. The fourth-order valence-corrected chi connectivity index (χ4v) is 4.73. The summed E-state index contributed by atoms with van der Waals surface area (Å²) in [6.07, 6.45) is 0.847. The Morgan fingerprint density at radius 3 is 2.86 bits per heavy atom. The van der Waals surface area contributed by atoms with Crippen LogP contribution < -0.4 is 0 Å². The van der Waals surface area contributed by atoms with E-state index in [9.17, 15) is 9.59 Å². The van der Waals surface area contributed by atoms with Crippen molar-refractivity contribution in [3.8, 4) is 0 Å². The summed E-state index contributed by atoms with van der Waals surface area (Å²) < 4.78 is 5.42. The molecule has 3 rings (SSSR count). The summed E-state index contributed by atoms with van der Waals surface area (Å²) in [5, 5.41) is 9.08. The van der Waals surface area contributed by atoms with Crippen LogP contribution in [0.5, 0.6) is 0 Å². The van der Waals surface area contributed by atoms with E-state index in [2.05, 4.69) is 22.6 Å². The smallest absolute Gasteiger partial charge is 0.310 e. The van der Waals surface area contributed by atoms with Crippen LogP contribution in [0, 0.1) is 23.7 Å². The zero-order valence-electron chi connectivity index (χ0n) is 7.22. The van der Waals surface area contributed by atoms with E-state index in [0.717, 1.165) is 6.42 Å². The molecule has 5 heteroatoms. The SMILES string of the molecule is O=C1O[C@@H]2[C@@H](I)[C@H]3C[C@@H]2[C@@H]1[C@H]3C(=O)O. The van der Waals surface area contributed by atoms with Crippen LogP contribution in [0.3, 0.4) is 0 Å². The Hall–Kier alpha value is -0.330. The molecule has 4 nitrogen and oxygen atoms in total. The van der Waals surface area contributed by atoms with Crippen molar-refractivity contribution in [3.05, 3.63) is 0 Å². The Kier molecular flexibility index (Phi) is 1.67. The van der Waals surface area contributed by atoms with Gasteiger partial charge < -0.3 is 9.84 Å². The molecule has 0 radical (unpaired) electrons. The van der Waals surface area contributed by atoms with Crippen molar-refractivity contribution in [1.82, 2.24) is 0 Å². The highest BCUT2D eigenvalue weighted by molar-refractivity contribution is 14.1. The van der Waals surface area contributed by atoms with Crippen molar-refractivity contribution in [3.63, 3.8) is 0 Å². The number of aliphatic carboxylic acids is 1. The van der Waals surface area contributed by atoms with Gasteiger partial charge in [-0.2, -0.15) is 0 Å². The first-order valence-electron chi connectivity index (χ1n) is 4.68. The summed E-state index contributed by atoms with van der Waals surface area (Å²) >= 11 is 2.23. The molecule has 3 fully saturated rings. The molecule has 0 spiro atoms. The lowest BCUT2D eigenvalue weighted by atomic mass is 9.80. The minimum absolute atomic E-state index is 0.00583. The molecule has 0 aromatic carbocycles. The van der Waals surface area contributed by atoms with Gasteiger partial charge in [-0.15, -0.1) is 0 Å². The molecule has 1 N–H and O–H groups in total. The summed E-state index contributed by atoms with van der Waals surface area (Å²) in [5.41, 5.74) is 0. The van der Waals surface area contributed by atoms with E-state index in [-0.39, 0.29) is 33.8 Å². The van der Waals surface area contributed by atoms with Crippen LogP contribution in [0.4, 0.5) is 0 Å². The number of esters is 1. The van der Waals surface area contributed by atoms with Crippen LogP contribution in [0.1, 0.15) is 6.42 Å². The Balaban J connectivity index is 2.04. The third-order valence-electron chi connectivity index (χ3n) is 3.81. The maximum atomic E-state index is 11.5. The molecule has 2 aliphatic carbocycles. The normalized spacial score (nSPS) is 53.6. The highest BCUT2D eigenvalue weighted by Crippen LogP contribution is 2.59. The summed E-state index contributed by atoms with van der Waals surface area (Å²) in [6.45, 7) is 0. The van der Waals surface area contributed by atoms with Gasteiger partial charge in [-0.25, -0.2) is 0 Å². The maximum Gasteiger partial charge on any atom is 0.310 e. The van der Waals surface area contributed by atoms with Gasteiger partial charge in [0.2, 0.25) is 0 Å². The molecule has 1 aliphatic heterocycles. The van der Waals surface area contributed by atoms with E-state index >= 15 is 0 Å². The van der Waals surface area contributed by atoms with E-state index in [1.54, 1.807) is 0 Å². The first-order valence-corrected chi connectivity index (χ1v) is 5.93. The second kappa shape index (κ2) is 2.62. The van der Waals surface area contributed by atoms with Gasteiger partial charge in [0, 0.05) is 5.92 Å². The topological polar surface area (TPSA) is 63.6 Å². The van der Waals surface area contributed by atoms with E-state index in [1.807, 2.05) is 0 Å². The molecule has 0 amide bonds. The number of hydrogen-bond acceptors (Lipinski definition) is 3. The fraction of sp³-hybridized carbons (Fsp3) is 0.778. The number of halogens is 1. The van der Waals surface area contributed by atoms with Gasteiger partial charge in [0.05, 0.1) is 15.8 Å². The minimum atomic E-state index is -0.832. The predicted octanol–water partition coefficient (Wildman–Crippen LogP) is 0.682. The highest BCUT2D eigenvalue weighted by atomic mass is 127. The minimum Gasteiger partial charge on any atom is -0.481 e. The van der Waals surface area contributed by atoms with Crippen LogP contribution in [0.25, 0.3) is 0 Å². The fourth-order valence-electron chi connectivity index (χ4n) is 3.31. The summed E-state index contributed by atoms with van der Waals surface area (Å²) in [4.78, 5) is 22.5. The third kappa shape index (κ3) is 0.844. The molecule has 76 valence electrons. The molecule has 14 heavy (non-hydrogen) atoms. The first-order chi connectivity index (χ1) is 6.61. The van der Waals surface area contributed by atoms with Crippen LogP contribution >= 0.6 is 22.6 Å². The van der Waals surface area contributed by atoms with Gasteiger partial charge in [0.15, 0.2) is 0 Å². The van der Waals surface area contributed by atoms with Gasteiger partial charge >= 0.3 is 11.9 Å². The van der Waals surface area contributed by atoms with Crippen molar-refractivity contribution >= 4 is 34.5 Å². The molecule has 1 saturated heterocycles. The van der Waals surface area contributed by atoms with Crippen LogP contribution in [0.15, 0.2) is 0 Å². The number of carboxylic acid groups (broad SMARTS) is 1. The summed E-state index contributed by atoms with van der Waals surface area (Å²) in [7, 11) is 0. The zero-order chi connectivity index (χ0) is 10.0. The average molecular weight is 308 g/mol. The molecular weight excluding hydrogens is 299 g/mol.